The van der Waals surface area contributed by atoms with E-state index in [4.69, 9.17) is 15.9 Å². The molecule has 2 atom stereocenters. The van der Waals surface area contributed by atoms with E-state index < -0.39 is 47.7 Å². The predicted molar refractivity (Wildman–Crippen MR) is 205 cm³/mol. The average Bonchev–Trinajstić information content (AvgIpc) is 3.46. The highest BCUT2D eigenvalue weighted by molar-refractivity contribution is 9.09. The molecule has 1 fully saturated rings. The van der Waals surface area contributed by atoms with E-state index in [1.165, 1.54) is 0 Å². The summed E-state index contributed by atoms with van der Waals surface area (Å²) in [4.78, 5) is 101. The normalized spacial score (nSPS) is 13.4. The number of alkyl halides is 2. The number of hydrogen-bond acceptors (Lipinski definition) is 12. The number of nitrogens with one attached hydrogen (secondary N) is 7. The van der Waals surface area contributed by atoms with Crippen LogP contribution in [0.1, 0.15) is 51.4 Å². The second-order valence-corrected chi connectivity index (χ2v) is 11.8. The van der Waals surface area contributed by atoms with Gasteiger partial charge in [0.2, 0.25) is 17.7 Å². The number of nitrogens with two attached hydrogens (primary N) is 1. The zero-order valence-electron chi connectivity index (χ0n) is 30.8. The molecule has 0 spiro atoms. The number of carbonyl (C=O) groups is 8. The third kappa shape index (κ3) is 25.4. The van der Waals surface area contributed by atoms with Crippen LogP contribution >= 0.6 is 31.9 Å². The average molecular weight is 904 g/mol. The van der Waals surface area contributed by atoms with Crippen molar-refractivity contribution in [3.05, 3.63) is 0 Å². The summed E-state index contributed by atoms with van der Waals surface area (Å²) in [6.45, 7) is 1.49. The molecule has 0 aromatic heterocycles. The zero-order valence-corrected chi connectivity index (χ0v) is 34.0. The lowest BCUT2D eigenvalue weighted by Crippen LogP contribution is -2.42. The maximum absolute atomic E-state index is 11.7. The van der Waals surface area contributed by atoms with Gasteiger partial charge in [-0.05, 0) is 25.7 Å². The molecule has 1 aliphatic heterocycles. The van der Waals surface area contributed by atoms with Crippen molar-refractivity contribution in [1.29, 1.82) is 0 Å². The van der Waals surface area contributed by atoms with Gasteiger partial charge >= 0.3 is 17.9 Å². The molecule has 0 saturated carbocycles. The number of nitrogens with zero attached hydrogens (tertiary/aromatic N) is 3. The van der Waals surface area contributed by atoms with Gasteiger partial charge in [0.25, 0.3) is 11.8 Å². The molecule has 0 bridgehead atoms. The maximum atomic E-state index is 11.7. The van der Waals surface area contributed by atoms with Crippen LogP contribution < -0.4 is 43.0 Å². The Hall–Kier alpha value is -4.58. The van der Waals surface area contributed by atoms with Gasteiger partial charge in [-0.15, -0.1) is 5.06 Å². The predicted octanol–water partition coefficient (Wildman–Crippen LogP) is -2.50. The van der Waals surface area contributed by atoms with Gasteiger partial charge in [0.15, 0.2) is 11.9 Å². The minimum atomic E-state index is -1.08. The van der Waals surface area contributed by atoms with Crippen LogP contribution in [0.15, 0.2) is 9.98 Å². The molecule has 0 radical (unpaired) electrons. The molecule has 1 heterocycles. The molecule has 1 rings (SSSR count). The number of hydrogen-bond donors (Lipinski definition) is 10. The van der Waals surface area contributed by atoms with Crippen LogP contribution in [-0.4, -0.2) is 152 Å². The molecule has 11 N–H and O–H groups in total. The lowest BCUT2D eigenvalue weighted by Gasteiger charge is -2.15. The van der Waals surface area contributed by atoms with Gasteiger partial charge in [-0.25, -0.2) is 14.4 Å². The Morgan fingerprint density at radius 1 is 0.741 bits per heavy atom. The Kier molecular flexibility index (Phi) is 30.4. The van der Waals surface area contributed by atoms with E-state index in [0.29, 0.717) is 55.8 Å². The summed E-state index contributed by atoms with van der Waals surface area (Å²) in [5.41, 5.74) is 5.23. The zero-order chi connectivity index (χ0) is 41.5. The summed E-state index contributed by atoms with van der Waals surface area (Å²) >= 11 is 5.83. The van der Waals surface area contributed by atoms with Crippen LogP contribution in [0.25, 0.3) is 0 Å². The molecule has 0 aliphatic carbocycles. The van der Waals surface area contributed by atoms with Crippen molar-refractivity contribution < 1.29 is 53.4 Å². The molecular weight excluding hydrogens is 850 g/mol. The number of carbonyl (C=O) groups excluding carboxylic acids is 6. The molecule has 0 aromatic rings. The van der Waals surface area contributed by atoms with Crippen molar-refractivity contribution in [3.8, 4) is 0 Å². The standard InChI is InChI=1S/C13H24BrN5O4.C11H23N5O3.C6H6BrNO4/c1-15-13(16-2)18-6-3-4-9(12(22)23)19-10(20)5-7-17-11(21)8-14;1-13-11(14-2)15-7-3-4-8(10(18)19)16-9(17)5-6-12;7-3-6(11)12-8-4(9)1-2-5(8)10/h9H,3-8H2,1-2H3,(H,17,21)(H,19,20)(H,22,23)(H2,15,16,18);8H,3-7,12H2,1-2H3,(H,16,17)(H,18,19)(H2,13,14,15);1-3H2/t9-;8-;/m00./s1. The smallest absolute Gasteiger partial charge is 0.343 e. The van der Waals surface area contributed by atoms with Crippen LogP contribution in [0.4, 0.5) is 0 Å². The van der Waals surface area contributed by atoms with E-state index in [9.17, 15) is 38.4 Å². The third-order valence-electron chi connectivity index (χ3n) is 6.59. The minimum absolute atomic E-state index is 0.0349. The second kappa shape index (κ2) is 31.9. The SMILES string of the molecule is CN=C(NC)NCCC[C@H](NC(=O)CCN)C(=O)O.CN=C(NC)NCCC[C@H](NC(=O)CCNC(=O)CBr)C(=O)O.O=C(CBr)ON1C(=O)CCC1=O. The van der Waals surface area contributed by atoms with Crippen LogP contribution in [0, 0.1) is 0 Å². The van der Waals surface area contributed by atoms with Crippen LogP contribution in [-0.2, 0) is 43.2 Å². The fraction of sp³-hybridized carbons (Fsp3) is 0.667. The minimum Gasteiger partial charge on any atom is -0.480 e. The fourth-order valence-corrected chi connectivity index (χ4v) is 4.21. The lowest BCUT2D eigenvalue weighted by atomic mass is 10.1. The molecule has 1 aliphatic rings. The molecule has 308 valence electrons. The van der Waals surface area contributed by atoms with E-state index >= 15 is 0 Å². The van der Waals surface area contributed by atoms with Gasteiger partial charge in [-0.2, -0.15) is 0 Å². The van der Waals surface area contributed by atoms with Gasteiger partial charge in [-0.1, -0.05) is 31.9 Å². The van der Waals surface area contributed by atoms with Crippen LogP contribution in [0.3, 0.4) is 0 Å². The topological polar surface area (TPSA) is 324 Å². The number of aliphatic imine (C=N–C) groups is 2. The van der Waals surface area contributed by atoms with E-state index in [2.05, 4.69) is 83.9 Å². The highest BCUT2D eigenvalue weighted by Crippen LogP contribution is 2.12. The van der Waals surface area contributed by atoms with Gasteiger partial charge in [-0.3, -0.25) is 34.0 Å². The monoisotopic (exact) mass is 901 g/mol. The first-order valence-corrected chi connectivity index (χ1v) is 18.8. The Labute approximate surface area is 330 Å². The number of hydroxylamine groups is 2. The van der Waals surface area contributed by atoms with Gasteiger partial charge < -0.3 is 58.0 Å². The van der Waals surface area contributed by atoms with E-state index in [-0.39, 0.29) is 61.2 Å². The molecule has 5 amide bonds. The number of halogens is 2. The number of carboxylic acids is 2. The van der Waals surface area contributed by atoms with Gasteiger partial charge in [0, 0.05) is 80.1 Å². The van der Waals surface area contributed by atoms with Crippen molar-refractivity contribution in [2.24, 2.45) is 15.7 Å². The van der Waals surface area contributed by atoms with Crippen molar-refractivity contribution in [1.82, 2.24) is 42.3 Å². The number of carboxylic acid groups (broad SMARTS) is 2. The van der Waals surface area contributed by atoms with E-state index in [1.807, 2.05) is 0 Å². The summed E-state index contributed by atoms with van der Waals surface area (Å²) in [5.74, 6) is -3.43. The molecule has 1 saturated heterocycles. The van der Waals surface area contributed by atoms with Crippen molar-refractivity contribution in [2.45, 2.75) is 63.5 Å². The Morgan fingerprint density at radius 3 is 1.54 bits per heavy atom. The van der Waals surface area contributed by atoms with Gasteiger partial charge in [0.05, 0.1) is 5.33 Å². The first-order chi connectivity index (χ1) is 25.6. The van der Waals surface area contributed by atoms with E-state index in [0.717, 1.165) is 0 Å². The van der Waals surface area contributed by atoms with Gasteiger partial charge in [0.1, 0.15) is 17.4 Å². The van der Waals surface area contributed by atoms with Crippen LogP contribution in [0.2, 0.25) is 0 Å². The first kappa shape index (κ1) is 51.5. The number of imide groups is 1. The lowest BCUT2D eigenvalue weighted by molar-refractivity contribution is -0.195. The highest BCUT2D eigenvalue weighted by atomic mass is 79.9. The second-order valence-electron chi connectivity index (χ2n) is 10.7. The summed E-state index contributed by atoms with van der Waals surface area (Å²) in [5, 5.41) is 37.9. The Balaban J connectivity index is 0. The van der Waals surface area contributed by atoms with E-state index in [1.54, 1.807) is 28.2 Å². The summed E-state index contributed by atoms with van der Waals surface area (Å²) in [6, 6.07) is -1.83. The molecular formula is C30H53Br2N11O11. The third-order valence-corrected chi connectivity index (χ3v) is 7.55. The number of guanidine groups is 2. The number of aliphatic carboxylic acids is 2. The molecule has 24 heteroatoms. The summed E-state index contributed by atoms with van der Waals surface area (Å²) < 4.78 is 0. The molecule has 54 heavy (non-hydrogen) atoms. The van der Waals surface area contributed by atoms with Crippen molar-refractivity contribution in [2.75, 3.05) is 65.0 Å². The molecule has 0 unspecified atom stereocenters. The molecule has 0 aromatic carbocycles. The summed E-state index contributed by atoms with van der Waals surface area (Å²) in [6.07, 6.45) is 2.20. The number of amides is 5. The van der Waals surface area contributed by atoms with Crippen LogP contribution in [0.5, 0.6) is 0 Å². The fourth-order valence-electron chi connectivity index (χ4n) is 3.91. The van der Waals surface area contributed by atoms with Crippen molar-refractivity contribution >= 4 is 91.2 Å². The largest absolute Gasteiger partial charge is 0.480 e. The summed E-state index contributed by atoms with van der Waals surface area (Å²) in [7, 11) is 6.74. The Morgan fingerprint density at radius 2 is 1.19 bits per heavy atom. The van der Waals surface area contributed by atoms with Crippen molar-refractivity contribution in [3.63, 3.8) is 0 Å². The highest BCUT2D eigenvalue weighted by Gasteiger charge is 2.32. The number of rotatable bonds is 20. The maximum Gasteiger partial charge on any atom is 0.343 e. The first-order valence-electron chi connectivity index (χ1n) is 16.6. The molecule has 22 nitrogen and oxygen atoms in total. The quantitative estimate of drug-likeness (QED) is 0.0199. The Bertz CT molecular complexity index is 1270.